The molecule has 0 rings (SSSR count). The van der Waals surface area contributed by atoms with Gasteiger partial charge in [0.05, 0.1) is 0 Å². The van der Waals surface area contributed by atoms with Crippen molar-refractivity contribution in [2.24, 2.45) is 5.84 Å². The number of rotatable bonds is 2. The van der Waals surface area contributed by atoms with Crippen LogP contribution in [0.3, 0.4) is 0 Å². The topological polar surface area (TPSA) is 133 Å². The number of hydrazine groups is 1. The number of nitrogens with zero attached hydrogens (tertiary/aromatic N) is 2. The third-order valence-corrected chi connectivity index (χ3v) is 0.863. The van der Waals surface area contributed by atoms with Crippen LogP contribution < -0.4 is 5.84 Å². The SMILES string of the molecule is CC(O)N(N)C(C)O.O=[N+]([O-])O. The largest absolute Gasteiger partial charge is 0.377 e. The van der Waals surface area contributed by atoms with Crippen molar-refractivity contribution in [2.75, 3.05) is 0 Å². The minimum Gasteiger partial charge on any atom is -0.377 e. The van der Waals surface area contributed by atoms with Crippen molar-refractivity contribution in [3.8, 4) is 0 Å². The van der Waals surface area contributed by atoms with Crippen molar-refractivity contribution < 1.29 is 20.5 Å². The predicted molar refractivity (Wildman–Crippen MR) is 38.2 cm³/mol. The molecule has 74 valence electrons. The van der Waals surface area contributed by atoms with E-state index in [1.165, 1.54) is 13.8 Å². The van der Waals surface area contributed by atoms with E-state index in [4.69, 9.17) is 31.4 Å². The van der Waals surface area contributed by atoms with Gasteiger partial charge < -0.3 is 15.4 Å². The highest BCUT2D eigenvalue weighted by Crippen LogP contribution is 1.90. The van der Waals surface area contributed by atoms with E-state index in [0.717, 1.165) is 5.01 Å². The first-order valence-electron chi connectivity index (χ1n) is 3.01. The first kappa shape index (κ1) is 13.6. The van der Waals surface area contributed by atoms with E-state index in [9.17, 15) is 0 Å². The molecule has 0 radical (unpaired) electrons. The van der Waals surface area contributed by atoms with E-state index in [-0.39, 0.29) is 0 Å². The molecule has 0 saturated heterocycles. The summed E-state index contributed by atoms with van der Waals surface area (Å²) in [6.45, 7) is 2.96. The van der Waals surface area contributed by atoms with Gasteiger partial charge in [0.15, 0.2) is 0 Å². The molecule has 0 heterocycles. The minimum absolute atomic E-state index is 0.796. The minimum atomic E-state index is -1.50. The summed E-state index contributed by atoms with van der Waals surface area (Å²) < 4.78 is 0. The fraction of sp³-hybridized carbons (Fsp3) is 1.00. The molecule has 0 spiro atoms. The van der Waals surface area contributed by atoms with E-state index in [1.54, 1.807) is 0 Å². The molecular formula is C4H13N3O5. The third-order valence-electron chi connectivity index (χ3n) is 0.863. The Hall–Kier alpha value is -0.960. The lowest BCUT2D eigenvalue weighted by Crippen LogP contribution is -2.45. The standard InChI is InChI=1S/C4H12N2O2.HNO3/c1-3(7)6(5)4(2)8;2-1(3)4/h3-4,7-8H,5H2,1-2H3;(H,2,3,4). The summed E-state index contributed by atoms with van der Waals surface area (Å²) in [6, 6.07) is 0. The summed E-state index contributed by atoms with van der Waals surface area (Å²) in [7, 11) is 0. The van der Waals surface area contributed by atoms with E-state index < -0.39 is 17.5 Å². The fourth-order valence-electron chi connectivity index (χ4n) is 0.312. The molecule has 0 aliphatic rings. The lowest BCUT2D eigenvalue weighted by atomic mass is 10.5. The molecule has 5 N–H and O–H groups in total. The van der Waals surface area contributed by atoms with E-state index in [1.807, 2.05) is 0 Å². The predicted octanol–water partition coefficient (Wildman–Crippen LogP) is -1.51. The molecule has 0 fully saturated rings. The molecule has 12 heavy (non-hydrogen) atoms. The van der Waals surface area contributed by atoms with Gasteiger partial charge in [-0.2, -0.15) is 5.01 Å². The van der Waals surface area contributed by atoms with Crippen LogP contribution in [0.4, 0.5) is 0 Å². The molecule has 0 saturated carbocycles. The van der Waals surface area contributed by atoms with Gasteiger partial charge in [-0.3, -0.25) is 5.84 Å². The second-order valence-corrected chi connectivity index (χ2v) is 1.95. The second-order valence-electron chi connectivity index (χ2n) is 1.95. The smallest absolute Gasteiger partial charge is 0.291 e. The molecular weight excluding hydrogens is 170 g/mol. The summed E-state index contributed by atoms with van der Waals surface area (Å²) >= 11 is 0. The van der Waals surface area contributed by atoms with Crippen LogP contribution in [0.25, 0.3) is 0 Å². The first-order valence-corrected chi connectivity index (χ1v) is 3.01. The molecule has 0 amide bonds. The number of hydrogen-bond acceptors (Lipinski definition) is 6. The lowest BCUT2D eigenvalue weighted by molar-refractivity contribution is -0.742. The molecule has 8 nitrogen and oxygen atoms in total. The number of aliphatic hydroxyl groups is 2. The zero-order chi connectivity index (χ0) is 10.3. The molecule has 0 aromatic rings. The van der Waals surface area contributed by atoms with Crippen molar-refractivity contribution >= 4 is 0 Å². The van der Waals surface area contributed by atoms with Crippen LogP contribution in [0.2, 0.25) is 0 Å². The fourth-order valence-corrected chi connectivity index (χ4v) is 0.312. The highest BCUT2D eigenvalue weighted by atomic mass is 16.9. The maximum absolute atomic E-state index is 8.63. The Morgan fingerprint density at radius 2 is 1.58 bits per heavy atom. The van der Waals surface area contributed by atoms with Gasteiger partial charge in [0.1, 0.15) is 12.5 Å². The van der Waals surface area contributed by atoms with Gasteiger partial charge in [-0.25, -0.2) is 0 Å². The Balaban J connectivity index is 0. The van der Waals surface area contributed by atoms with E-state index in [2.05, 4.69) is 0 Å². The van der Waals surface area contributed by atoms with Crippen LogP contribution in [0.5, 0.6) is 0 Å². The highest BCUT2D eigenvalue weighted by Gasteiger charge is 2.09. The first-order chi connectivity index (χ1) is 5.29. The summed E-state index contributed by atoms with van der Waals surface area (Å²) in [4.78, 5) is 8.36. The summed E-state index contributed by atoms with van der Waals surface area (Å²) in [6.07, 6.45) is -1.59. The molecule has 0 aliphatic carbocycles. The maximum atomic E-state index is 8.63. The van der Waals surface area contributed by atoms with Crippen molar-refractivity contribution in [2.45, 2.75) is 26.3 Å². The quantitative estimate of drug-likeness (QED) is 0.177. The molecule has 0 aromatic carbocycles. The number of hydrogen-bond donors (Lipinski definition) is 4. The molecule has 2 atom stereocenters. The van der Waals surface area contributed by atoms with Crippen LogP contribution in [-0.2, 0) is 0 Å². The zero-order valence-corrected chi connectivity index (χ0v) is 6.78. The van der Waals surface area contributed by atoms with Gasteiger partial charge in [-0.15, -0.1) is 10.1 Å². The van der Waals surface area contributed by atoms with Gasteiger partial charge >= 0.3 is 0 Å². The van der Waals surface area contributed by atoms with Crippen molar-refractivity contribution in [1.82, 2.24) is 5.01 Å². The summed E-state index contributed by atoms with van der Waals surface area (Å²) in [5.74, 6) is 5.09. The van der Waals surface area contributed by atoms with E-state index >= 15 is 0 Å². The van der Waals surface area contributed by atoms with E-state index in [0.29, 0.717) is 0 Å². The third kappa shape index (κ3) is 11.8. The van der Waals surface area contributed by atoms with Gasteiger partial charge in [-0.1, -0.05) is 0 Å². The molecule has 8 heteroatoms. The average Bonchev–Trinajstić information content (AvgIpc) is 1.84. The Morgan fingerprint density at radius 1 is 1.42 bits per heavy atom. The van der Waals surface area contributed by atoms with Gasteiger partial charge in [0.2, 0.25) is 0 Å². The molecule has 0 aromatic heterocycles. The van der Waals surface area contributed by atoms with Crippen molar-refractivity contribution in [1.29, 1.82) is 0 Å². The average molecular weight is 183 g/mol. The summed E-state index contributed by atoms with van der Waals surface area (Å²) in [5, 5.41) is 31.8. The van der Waals surface area contributed by atoms with Crippen LogP contribution in [0.1, 0.15) is 13.8 Å². The molecule has 0 bridgehead atoms. The van der Waals surface area contributed by atoms with Gasteiger partial charge in [0.25, 0.3) is 5.09 Å². The summed E-state index contributed by atoms with van der Waals surface area (Å²) in [5.41, 5.74) is 0. The van der Waals surface area contributed by atoms with Crippen molar-refractivity contribution in [3.05, 3.63) is 10.1 Å². The molecule has 2 unspecified atom stereocenters. The Labute approximate surface area is 68.9 Å². The number of nitrogens with two attached hydrogens (primary N) is 1. The second kappa shape index (κ2) is 6.73. The Bertz CT molecular complexity index is 116. The molecule has 0 aliphatic heterocycles. The van der Waals surface area contributed by atoms with Gasteiger partial charge in [-0.05, 0) is 13.8 Å². The zero-order valence-electron chi connectivity index (χ0n) is 6.78. The van der Waals surface area contributed by atoms with Crippen LogP contribution in [-0.4, -0.2) is 38.0 Å². The number of aliphatic hydroxyl groups excluding tert-OH is 2. The monoisotopic (exact) mass is 183 g/mol. The van der Waals surface area contributed by atoms with Crippen LogP contribution >= 0.6 is 0 Å². The lowest BCUT2D eigenvalue weighted by Gasteiger charge is -2.21. The Morgan fingerprint density at radius 3 is 1.58 bits per heavy atom. The van der Waals surface area contributed by atoms with Crippen LogP contribution in [0, 0.1) is 10.1 Å². The van der Waals surface area contributed by atoms with Crippen molar-refractivity contribution in [3.63, 3.8) is 0 Å². The van der Waals surface area contributed by atoms with Gasteiger partial charge in [0, 0.05) is 0 Å². The Kier molecular flexibility index (Phi) is 7.64. The normalized spacial score (nSPS) is 14.5. The van der Waals surface area contributed by atoms with Crippen LogP contribution in [0.15, 0.2) is 0 Å². The highest BCUT2D eigenvalue weighted by molar-refractivity contribution is 4.45. The maximum Gasteiger partial charge on any atom is 0.291 e.